The fourth-order valence-corrected chi connectivity index (χ4v) is 2.69. The second-order valence-corrected chi connectivity index (χ2v) is 5.79. The maximum Gasteiger partial charge on any atom is 0.250 e. The van der Waals surface area contributed by atoms with Gasteiger partial charge in [0.2, 0.25) is 5.56 Å². The molecule has 0 saturated heterocycles. The van der Waals surface area contributed by atoms with Gasteiger partial charge in [-0.15, -0.1) is 0 Å². The van der Waals surface area contributed by atoms with Gasteiger partial charge in [0.15, 0.2) is 0 Å². The third kappa shape index (κ3) is 2.90. The molecule has 0 unspecified atom stereocenters. The first-order valence-electron chi connectivity index (χ1n) is 7.15. The van der Waals surface area contributed by atoms with Gasteiger partial charge >= 0.3 is 0 Å². The first-order valence-corrected chi connectivity index (χ1v) is 7.53. The van der Waals surface area contributed by atoms with Gasteiger partial charge in [0.25, 0.3) is 0 Å². The summed E-state index contributed by atoms with van der Waals surface area (Å²) in [6.07, 6.45) is 1.54. The highest BCUT2D eigenvalue weighted by Gasteiger charge is 2.10. The number of nitrogens with zero attached hydrogens (tertiary/aromatic N) is 3. The normalized spacial score (nSPS) is 10.4. The molecule has 3 rings (SSSR count). The summed E-state index contributed by atoms with van der Waals surface area (Å²) >= 11 is 5.96. The molecule has 0 bridgehead atoms. The van der Waals surface area contributed by atoms with Gasteiger partial charge in [-0.1, -0.05) is 11.6 Å². The van der Waals surface area contributed by atoms with Crippen molar-refractivity contribution < 1.29 is 0 Å². The summed E-state index contributed by atoms with van der Waals surface area (Å²) in [6.45, 7) is 0. The lowest BCUT2D eigenvalue weighted by atomic mass is 10.1. The average molecular weight is 340 g/mol. The van der Waals surface area contributed by atoms with E-state index in [-0.39, 0.29) is 16.3 Å². The average Bonchev–Trinajstić information content (AvgIpc) is 2.54. The smallest absolute Gasteiger partial charge is 0.250 e. The molecule has 0 atom stereocenters. The first-order chi connectivity index (χ1) is 11.5. The molecule has 24 heavy (non-hydrogen) atoms. The Labute approximate surface area is 143 Å². The number of nitriles is 1. The number of nitrogens with one attached hydrogen (secondary N) is 2. The second kappa shape index (κ2) is 6.22. The monoisotopic (exact) mass is 339 g/mol. The number of hydrogen-bond acceptors (Lipinski definition) is 5. The number of anilines is 3. The molecule has 0 amide bonds. The predicted molar refractivity (Wildman–Crippen MR) is 96.1 cm³/mol. The molecule has 0 saturated carbocycles. The maximum absolute atomic E-state index is 11.8. The van der Waals surface area contributed by atoms with E-state index in [4.69, 9.17) is 11.6 Å². The summed E-state index contributed by atoms with van der Waals surface area (Å²) in [5.74, 6) is 0. The lowest BCUT2D eigenvalue weighted by Crippen LogP contribution is -2.14. The Morgan fingerprint density at radius 3 is 2.79 bits per heavy atom. The summed E-state index contributed by atoms with van der Waals surface area (Å²) < 4.78 is 0. The molecule has 0 aliphatic heterocycles. The van der Waals surface area contributed by atoms with E-state index in [0.717, 1.165) is 22.3 Å². The highest BCUT2D eigenvalue weighted by Crippen LogP contribution is 2.29. The molecule has 0 fully saturated rings. The lowest BCUT2D eigenvalue weighted by Gasteiger charge is -2.16. The van der Waals surface area contributed by atoms with Crippen molar-refractivity contribution in [3.63, 3.8) is 0 Å². The van der Waals surface area contributed by atoms with Gasteiger partial charge in [0.1, 0.15) is 16.8 Å². The Balaban J connectivity index is 2.11. The Morgan fingerprint density at radius 2 is 2.08 bits per heavy atom. The van der Waals surface area contributed by atoms with Crippen molar-refractivity contribution in [1.82, 2.24) is 9.97 Å². The van der Waals surface area contributed by atoms with Crippen LogP contribution < -0.4 is 15.8 Å². The van der Waals surface area contributed by atoms with E-state index in [2.05, 4.69) is 15.3 Å². The Kier molecular flexibility index (Phi) is 4.11. The van der Waals surface area contributed by atoms with Crippen LogP contribution in [0.3, 0.4) is 0 Å². The highest BCUT2D eigenvalue weighted by molar-refractivity contribution is 6.31. The Bertz CT molecular complexity index is 1020. The van der Waals surface area contributed by atoms with Crippen LogP contribution in [0.15, 0.2) is 41.3 Å². The van der Waals surface area contributed by atoms with E-state index < -0.39 is 0 Å². The van der Waals surface area contributed by atoms with Crippen molar-refractivity contribution in [2.45, 2.75) is 0 Å². The number of aromatic amines is 1. The number of benzene rings is 1. The number of H-pyrrole nitrogens is 1. The minimum absolute atomic E-state index is 0.153. The number of pyridine rings is 2. The Hall–Kier alpha value is -3.04. The van der Waals surface area contributed by atoms with E-state index in [9.17, 15) is 10.1 Å². The second-order valence-electron chi connectivity index (χ2n) is 5.43. The number of fused-ring (bicyclic) bond motifs is 1. The van der Waals surface area contributed by atoms with Crippen LogP contribution in [0, 0.1) is 11.3 Å². The van der Waals surface area contributed by atoms with Crippen molar-refractivity contribution in [3.8, 4) is 6.07 Å². The molecule has 0 spiro atoms. The zero-order valence-electron chi connectivity index (χ0n) is 13.1. The van der Waals surface area contributed by atoms with Crippen LogP contribution in [0.2, 0.25) is 5.15 Å². The van der Waals surface area contributed by atoms with Crippen molar-refractivity contribution in [2.75, 3.05) is 24.3 Å². The van der Waals surface area contributed by atoms with Crippen molar-refractivity contribution in [2.24, 2.45) is 0 Å². The Morgan fingerprint density at radius 1 is 1.29 bits per heavy atom. The molecule has 0 aliphatic carbocycles. The van der Waals surface area contributed by atoms with Gasteiger partial charge in [0.05, 0.1) is 16.9 Å². The zero-order chi connectivity index (χ0) is 17.3. The van der Waals surface area contributed by atoms with Crippen LogP contribution in [0.25, 0.3) is 10.9 Å². The molecule has 2 aromatic heterocycles. The van der Waals surface area contributed by atoms with E-state index in [1.165, 1.54) is 6.20 Å². The minimum atomic E-state index is -0.153. The fraction of sp³-hybridized carbons (Fsp3) is 0.118. The molecule has 1 aromatic carbocycles. The topological polar surface area (TPSA) is 84.8 Å². The molecular formula is C17H14ClN5O. The summed E-state index contributed by atoms with van der Waals surface area (Å²) in [4.78, 5) is 20.4. The van der Waals surface area contributed by atoms with E-state index in [1.54, 1.807) is 12.1 Å². The molecular weight excluding hydrogens is 326 g/mol. The van der Waals surface area contributed by atoms with Crippen molar-refractivity contribution in [3.05, 3.63) is 57.6 Å². The van der Waals surface area contributed by atoms with Gasteiger partial charge in [-0.2, -0.15) is 5.26 Å². The highest BCUT2D eigenvalue weighted by atomic mass is 35.5. The number of hydrogen-bond donors (Lipinski definition) is 2. The van der Waals surface area contributed by atoms with E-state index in [0.29, 0.717) is 5.69 Å². The molecule has 120 valence electrons. The quantitative estimate of drug-likeness (QED) is 0.715. The van der Waals surface area contributed by atoms with E-state index in [1.807, 2.05) is 43.3 Å². The molecule has 6 nitrogen and oxygen atoms in total. The molecule has 2 heterocycles. The van der Waals surface area contributed by atoms with Crippen LogP contribution in [-0.4, -0.2) is 24.1 Å². The number of aromatic nitrogens is 2. The first kappa shape index (κ1) is 15.8. The summed E-state index contributed by atoms with van der Waals surface area (Å²) in [6, 6.07) is 10.8. The minimum Gasteiger partial charge on any atom is -0.377 e. The fourth-order valence-electron chi connectivity index (χ4n) is 2.49. The third-order valence-corrected chi connectivity index (χ3v) is 3.89. The molecule has 0 radical (unpaired) electrons. The SMILES string of the molecule is CN(C)c1cc(=O)[nH]c2ccc(Nc3ccnc(Cl)c3C#N)cc12. The lowest BCUT2D eigenvalue weighted by molar-refractivity contribution is 1.13. The molecule has 7 heteroatoms. The third-order valence-electron chi connectivity index (χ3n) is 3.60. The summed E-state index contributed by atoms with van der Waals surface area (Å²) in [5, 5.41) is 13.5. The zero-order valence-corrected chi connectivity index (χ0v) is 13.8. The van der Waals surface area contributed by atoms with Gasteiger partial charge in [0, 0.05) is 37.4 Å². The summed E-state index contributed by atoms with van der Waals surface area (Å²) in [7, 11) is 3.76. The van der Waals surface area contributed by atoms with Gasteiger partial charge in [-0.05, 0) is 24.3 Å². The van der Waals surface area contributed by atoms with Crippen LogP contribution >= 0.6 is 11.6 Å². The van der Waals surface area contributed by atoms with E-state index >= 15 is 0 Å². The molecule has 2 N–H and O–H groups in total. The molecule has 0 aliphatic rings. The number of rotatable bonds is 3. The van der Waals surface area contributed by atoms with Crippen LogP contribution in [0.5, 0.6) is 0 Å². The van der Waals surface area contributed by atoms with Crippen LogP contribution in [0.1, 0.15) is 5.56 Å². The van der Waals surface area contributed by atoms with Crippen LogP contribution in [0.4, 0.5) is 17.1 Å². The largest absolute Gasteiger partial charge is 0.377 e. The van der Waals surface area contributed by atoms with Gasteiger partial charge in [-0.25, -0.2) is 4.98 Å². The standard InChI is InChI=1S/C17H14ClN5O/c1-23(2)15-8-16(24)22-13-4-3-10(7-11(13)15)21-14-5-6-20-17(18)12(14)9-19/h3-8H,1-2H3,(H,20,21)(H,22,24). The maximum atomic E-state index is 11.8. The van der Waals surface area contributed by atoms with Gasteiger partial charge < -0.3 is 15.2 Å². The number of halogens is 1. The summed E-state index contributed by atoms with van der Waals surface area (Å²) in [5.41, 5.74) is 3.04. The van der Waals surface area contributed by atoms with Crippen molar-refractivity contribution in [1.29, 1.82) is 5.26 Å². The van der Waals surface area contributed by atoms with Crippen LogP contribution in [-0.2, 0) is 0 Å². The molecule has 3 aromatic rings. The predicted octanol–water partition coefficient (Wildman–Crippen LogP) is 3.26. The van der Waals surface area contributed by atoms with Crippen molar-refractivity contribution >= 4 is 39.6 Å². The van der Waals surface area contributed by atoms with Gasteiger partial charge in [-0.3, -0.25) is 4.79 Å².